The molecule has 3 aromatic rings. The molecule has 96 valence electrons. The van der Waals surface area contributed by atoms with Gasteiger partial charge in [0.25, 0.3) is 0 Å². The molecule has 4 nitrogen and oxygen atoms in total. The van der Waals surface area contributed by atoms with E-state index in [0.717, 1.165) is 28.4 Å². The Kier molecular flexibility index (Phi) is 2.52. The molecule has 0 radical (unpaired) electrons. The van der Waals surface area contributed by atoms with Gasteiger partial charge in [0.2, 0.25) is 0 Å². The standard InChI is InChI=1S/C15H16N4/c1-9-4-5-12(8-10(9)2)15-18-17-14-7-6-13(16)11(3)19(14)15/h4-8H,16H2,1-3H3. The molecule has 4 heteroatoms. The van der Waals surface area contributed by atoms with Gasteiger partial charge in [0.15, 0.2) is 11.5 Å². The van der Waals surface area contributed by atoms with Crippen LogP contribution in [0.25, 0.3) is 17.0 Å². The van der Waals surface area contributed by atoms with Crippen LogP contribution < -0.4 is 5.73 Å². The Morgan fingerprint density at radius 1 is 0.947 bits per heavy atom. The molecule has 0 aliphatic rings. The number of pyridine rings is 1. The van der Waals surface area contributed by atoms with Gasteiger partial charge in [-0.15, -0.1) is 10.2 Å². The predicted molar refractivity (Wildman–Crippen MR) is 77.0 cm³/mol. The molecule has 19 heavy (non-hydrogen) atoms. The monoisotopic (exact) mass is 252 g/mol. The van der Waals surface area contributed by atoms with Gasteiger partial charge in [0.1, 0.15) is 0 Å². The number of fused-ring (bicyclic) bond motifs is 1. The van der Waals surface area contributed by atoms with Gasteiger partial charge in [-0.1, -0.05) is 12.1 Å². The molecule has 0 unspecified atom stereocenters. The Morgan fingerprint density at radius 2 is 1.74 bits per heavy atom. The van der Waals surface area contributed by atoms with E-state index in [2.05, 4.69) is 42.2 Å². The van der Waals surface area contributed by atoms with E-state index in [0.29, 0.717) is 0 Å². The number of aryl methyl sites for hydroxylation is 3. The number of aromatic nitrogens is 3. The maximum atomic E-state index is 5.97. The lowest BCUT2D eigenvalue weighted by molar-refractivity contribution is 1.08. The maximum absolute atomic E-state index is 5.97. The molecule has 0 aliphatic heterocycles. The van der Waals surface area contributed by atoms with Crippen molar-refractivity contribution in [3.05, 3.63) is 47.2 Å². The molecule has 0 aliphatic carbocycles. The Hall–Kier alpha value is -2.36. The van der Waals surface area contributed by atoms with Gasteiger partial charge < -0.3 is 5.73 Å². The summed E-state index contributed by atoms with van der Waals surface area (Å²) in [7, 11) is 0. The number of benzene rings is 1. The van der Waals surface area contributed by atoms with Crippen LogP contribution in [0.1, 0.15) is 16.8 Å². The number of nitrogen functional groups attached to an aromatic ring is 1. The molecule has 1 aromatic carbocycles. The van der Waals surface area contributed by atoms with Crippen molar-refractivity contribution in [1.29, 1.82) is 0 Å². The second-order valence-electron chi connectivity index (χ2n) is 4.89. The van der Waals surface area contributed by atoms with Gasteiger partial charge >= 0.3 is 0 Å². The van der Waals surface area contributed by atoms with Gasteiger partial charge in [0.05, 0.1) is 5.69 Å². The maximum Gasteiger partial charge on any atom is 0.168 e. The molecule has 2 aromatic heterocycles. The Morgan fingerprint density at radius 3 is 2.47 bits per heavy atom. The molecule has 0 atom stereocenters. The highest BCUT2D eigenvalue weighted by molar-refractivity contribution is 5.64. The number of nitrogens with zero attached hydrogens (tertiary/aromatic N) is 3. The largest absolute Gasteiger partial charge is 0.397 e. The minimum atomic E-state index is 0.748. The van der Waals surface area contributed by atoms with Gasteiger partial charge in [-0.25, -0.2) is 0 Å². The first-order valence-electron chi connectivity index (χ1n) is 6.26. The predicted octanol–water partition coefficient (Wildman–Crippen LogP) is 2.90. The van der Waals surface area contributed by atoms with Gasteiger partial charge in [-0.2, -0.15) is 0 Å². The fourth-order valence-electron chi connectivity index (χ4n) is 2.22. The molecule has 0 fully saturated rings. The van der Waals surface area contributed by atoms with E-state index in [-0.39, 0.29) is 0 Å². The zero-order valence-corrected chi connectivity index (χ0v) is 11.3. The van der Waals surface area contributed by atoms with Crippen LogP contribution in [0.4, 0.5) is 5.69 Å². The van der Waals surface area contributed by atoms with Crippen molar-refractivity contribution in [2.75, 3.05) is 5.73 Å². The van der Waals surface area contributed by atoms with E-state index in [1.54, 1.807) is 0 Å². The minimum absolute atomic E-state index is 0.748. The number of anilines is 1. The molecule has 2 heterocycles. The molecule has 0 bridgehead atoms. The van der Waals surface area contributed by atoms with Gasteiger partial charge in [0, 0.05) is 11.3 Å². The van der Waals surface area contributed by atoms with Crippen molar-refractivity contribution in [3.63, 3.8) is 0 Å². The van der Waals surface area contributed by atoms with Crippen molar-refractivity contribution >= 4 is 11.3 Å². The van der Waals surface area contributed by atoms with E-state index < -0.39 is 0 Å². The lowest BCUT2D eigenvalue weighted by Gasteiger charge is -2.07. The van der Waals surface area contributed by atoms with Crippen LogP contribution in [0.3, 0.4) is 0 Å². The zero-order chi connectivity index (χ0) is 13.6. The summed E-state index contributed by atoms with van der Waals surface area (Å²) in [6.07, 6.45) is 0. The van der Waals surface area contributed by atoms with E-state index >= 15 is 0 Å². The summed E-state index contributed by atoms with van der Waals surface area (Å²) >= 11 is 0. The summed E-state index contributed by atoms with van der Waals surface area (Å²) in [5.74, 6) is 0.836. The molecule has 2 N–H and O–H groups in total. The third kappa shape index (κ3) is 1.76. The lowest BCUT2D eigenvalue weighted by atomic mass is 10.1. The van der Waals surface area contributed by atoms with E-state index in [1.165, 1.54) is 11.1 Å². The highest BCUT2D eigenvalue weighted by Crippen LogP contribution is 2.24. The summed E-state index contributed by atoms with van der Waals surface area (Å²) in [5, 5.41) is 8.50. The molecule has 0 saturated carbocycles. The molecule has 0 amide bonds. The fourth-order valence-corrected chi connectivity index (χ4v) is 2.22. The quantitative estimate of drug-likeness (QED) is 0.724. The summed E-state index contributed by atoms with van der Waals surface area (Å²) < 4.78 is 2.00. The van der Waals surface area contributed by atoms with Crippen LogP contribution in [-0.2, 0) is 0 Å². The van der Waals surface area contributed by atoms with Crippen LogP contribution in [-0.4, -0.2) is 14.6 Å². The molecular formula is C15H16N4. The summed E-state index contributed by atoms with van der Waals surface area (Å²) in [5.41, 5.74) is 12.1. The minimum Gasteiger partial charge on any atom is -0.397 e. The zero-order valence-electron chi connectivity index (χ0n) is 11.3. The van der Waals surface area contributed by atoms with E-state index in [9.17, 15) is 0 Å². The highest BCUT2D eigenvalue weighted by atomic mass is 15.3. The van der Waals surface area contributed by atoms with Crippen molar-refractivity contribution < 1.29 is 0 Å². The Balaban J connectivity index is 2.30. The summed E-state index contributed by atoms with van der Waals surface area (Å²) in [4.78, 5) is 0. The van der Waals surface area contributed by atoms with Crippen LogP contribution in [0.2, 0.25) is 0 Å². The van der Waals surface area contributed by atoms with Gasteiger partial charge in [-0.3, -0.25) is 4.40 Å². The first kappa shape index (κ1) is 11.7. The number of nitrogens with two attached hydrogens (primary N) is 1. The van der Waals surface area contributed by atoms with E-state index in [1.807, 2.05) is 23.5 Å². The van der Waals surface area contributed by atoms with Crippen LogP contribution in [0.5, 0.6) is 0 Å². The fraction of sp³-hybridized carbons (Fsp3) is 0.200. The SMILES string of the molecule is Cc1ccc(-c2nnc3ccc(N)c(C)n23)cc1C. The van der Waals surface area contributed by atoms with Crippen LogP contribution in [0.15, 0.2) is 30.3 Å². The van der Waals surface area contributed by atoms with Crippen molar-refractivity contribution in [2.45, 2.75) is 20.8 Å². The van der Waals surface area contributed by atoms with Crippen LogP contribution >= 0.6 is 0 Å². The summed E-state index contributed by atoms with van der Waals surface area (Å²) in [6, 6.07) is 10.1. The molecule has 0 spiro atoms. The molecule has 3 rings (SSSR count). The number of hydrogen-bond donors (Lipinski definition) is 1. The first-order valence-corrected chi connectivity index (χ1v) is 6.26. The first-order chi connectivity index (χ1) is 9.08. The average Bonchev–Trinajstić information content (AvgIpc) is 2.82. The number of hydrogen-bond acceptors (Lipinski definition) is 3. The van der Waals surface area contributed by atoms with Gasteiger partial charge in [-0.05, 0) is 50.1 Å². The molecule has 0 saturated heterocycles. The second kappa shape index (κ2) is 4.09. The smallest absolute Gasteiger partial charge is 0.168 e. The van der Waals surface area contributed by atoms with Crippen molar-refractivity contribution in [3.8, 4) is 11.4 Å². The van der Waals surface area contributed by atoms with Crippen molar-refractivity contribution in [1.82, 2.24) is 14.6 Å². The van der Waals surface area contributed by atoms with Crippen LogP contribution in [0, 0.1) is 20.8 Å². The normalized spacial score (nSPS) is 11.1. The second-order valence-corrected chi connectivity index (χ2v) is 4.89. The lowest BCUT2D eigenvalue weighted by Crippen LogP contribution is -1.99. The third-order valence-electron chi connectivity index (χ3n) is 3.62. The number of rotatable bonds is 1. The van der Waals surface area contributed by atoms with E-state index in [4.69, 9.17) is 5.73 Å². The highest BCUT2D eigenvalue weighted by Gasteiger charge is 2.11. The topological polar surface area (TPSA) is 56.2 Å². The Labute approximate surface area is 111 Å². The Bertz CT molecular complexity index is 771. The third-order valence-corrected chi connectivity index (χ3v) is 3.62. The molecular weight excluding hydrogens is 236 g/mol. The van der Waals surface area contributed by atoms with Crippen molar-refractivity contribution in [2.24, 2.45) is 0 Å². The summed E-state index contributed by atoms with van der Waals surface area (Å²) in [6.45, 7) is 6.18. The average molecular weight is 252 g/mol.